The zero-order chi connectivity index (χ0) is 29.1. The summed E-state index contributed by atoms with van der Waals surface area (Å²) in [5, 5.41) is 5.62. The Hall–Kier alpha value is -5.22. The smallest absolute Gasteiger partial charge is 0.275 e. The van der Waals surface area contributed by atoms with Gasteiger partial charge in [0, 0.05) is 73.0 Å². The van der Waals surface area contributed by atoms with Crippen LogP contribution in [-0.2, 0) is 4.79 Å². The highest BCUT2D eigenvalue weighted by Gasteiger charge is 2.30. The van der Waals surface area contributed by atoms with Gasteiger partial charge in [0.2, 0.25) is 5.91 Å². The monoisotopic (exact) mass is 559 g/mol. The van der Waals surface area contributed by atoms with E-state index in [4.69, 9.17) is 0 Å². The predicted molar refractivity (Wildman–Crippen MR) is 162 cm³/mol. The van der Waals surface area contributed by atoms with Gasteiger partial charge in [-0.1, -0.05) is 24.3 Å². The molecule has 1 atom stereocenters. The van der Waals surface area contributed by atoms with Crippen LogP contribution in [-0.4, -0.2) is 71.9 Å². The summed E-state index contributed by atoms with van der Waals surface area (Å²) in [4.78, 5) is 55.7. The van der Waals surface area contributed by atoms with E-state index < -0.39 is 11.8 Å². The van der Waals surface area contributed by atoms with Crippen LogP contribution in [0.2, 0.25) is 0 Å². The first-order valence-electron chi connectivity index (χ1n) is 13.7. The lowest BCUT2D eigenvalue weighted by Gasteiger charge is -2.34. The molecular formula is C32H29N7O3. The number of ketones is 1. The maximum absolute atomic E-state index is 13.3. The van der Waals surface area contributed by atoms with Crippen LogP contribution in [0.1, 0.15) is 37.9 Å². The molecule has 0 radical (unpaired) electrons. The van der Waals surface area contributed by atoms with Crippen LogP contribution in [0.5, 0.6) is 0 Å². The second kappa shape index (κ2) is 11.7. The number of rotatable bonds is 7. The third-order valence-corrected chi connectivity index (χ3v) is 7.46. The maximum Gasteiger partial charge on any atom is 0.275 e. The number of carbonyl (C=O) groups excluding carboxylic acids is 3. The van der Waals surface area contributed by atoms with Crippen molar-refractivity contribution in [2.24, 2.45) is 4.99 Å². The Kier molecular flexibility index (Phi) is 7.52. The molecule has 1 aromatic heterocycles. The molecule has 3 heterocycles. The molecule has 1 fully saturated rings. The number of nitrogens with one attached hydrogen (secondary N) is 2. The summed E-state index contributed by atoms with van der Waals surface area (Å²) in [5.74, 6) is -1.41. The normalized spacial score (nSPS) is 16.7. The standard InChI is InChI=1S/C32H29N7O3/c1-38-13-15-39(16-14-38)25-8-6-23(7-9-25)35-19-27-26-10-5-22(18-28(26)37-31(27)41)30(40)21-3-2-4-24(17-21)36-32(42)29-20-33-11-12-34-29/h2-12,17-20,27H,13-16H2,1H3,(H,36,42)(H,37,41). The summed E-state index contributed by atoms with van der Waals surface area (Å²) in [6.07, 6.45) is 5.94. The molecule has 0 saturated carbocycles. The van der Waals surface area contributed by atoms with Crippen molar-refractivity contribution in [2.45, 2.75) is 5.92 Å². The van der Waals surface area contributed by atoms with Crippen molar-refractivity contribution < 1.29 is 14.4 Å². The quantitative estimate of drug-likeness (QED) is 0.258. The fourth-order valence-corrected chi connectivity index (χ4v) is 5.07. The Morgan fingerprint density at radius 3 is 2.52 bits per heavy atom. The summed E-state index contributed by atoms with van der Waals surface area (Å²) < 4.78 is 0. The van der Waals surface area contributed by atoms with Crippen LogP contribution >= 0.6 is 0 Å². The summed E-state index contributed by atoms with van der Waals surface area (Å²) in [6.45, 7) is 4.07. The minimum atomic E-state index is -0.555. The first kappa shape index (κ1) is 27.0. The highest BCUT2D eigenvalue weighted by molar-refractivity contribution is 6.15. The molecule has 2 aliphatic rings. The molecule has 0 aliphatic carbocycles. The van der Waals surface area contributed by atoms with Crippen molar-refractivity contribution in [3.8, 4) is 0 Å². The van der Waals surface area contributed by atoms with Gasteiger partial charge in [-0.15, -0.1) is 0 Å². The number of benzene rings is 3. The molecule has 42 heavy (non-hydrogen) atoms. The van der Waals surface area contributed by atoms with Crippen LogP contribution < -0.4 is 15.5 Å². The second-order valence-corrected chi connectivity index (χ2v) is 10.3. The van der Waals surface area contributed by atoms with E-state index in [0.29, 0.717) is 22.5 Å². The number of amides is 2. The van der Waals surface area contributed by atoms with Crippen molar-refractivity contribution in [2.75, 3.05) is 48.8 Å². The van der Waals surface area contributed by atoms with E-state index in [1.165, 1.54) is 24.3 Å². The summed E-state index contributed by atoms with van der Waals surface area (Å²) in [7, 11) is 2.14. The van der Waals surface area contributed by atoms with Gasteiger partial charge in [-0.2, -0.15) is 0 Å². The average Bonchev–Trinajstić information content (AvgIpc) is 3.34. The van der Waals surface area contributed by atoms with Crippen molar-refractivity contribution in [1.29, 1.82) is 0 Å². The Morgan fingerprint density at radius 1 is 0.976 bits per heavy atom. The minimum absolute atomic E-state index is 0.171. The summed E-state index contributed by atoms with van der Waals surface area (Å²) in [5.41, 5.74) is 4.73. The Labute approximate surface area is 243 Å². The third-order valence-electron chi connectivity index (χ3n) is 7.46. The Bertz CT molecular complexity index is 1660. The van der Waals surface area contributed by atoms with Gasteiger partial charge >= 0.3 is 0 Å². The highest BCUT2D eigenvalue weighted by Crippen LogP contribution is 2.33. The highest BCUT2D eigenvalue weighted by atomic mass is 16.2. The fourth-order valence-electron chi connectivity index (χ4n) is 5.07. The lowest BCUT2D eigenvalue weighted by Crippen LogP contribution is -2.44. The van der Waals surface area contributed by atoms with Crippen LogP contribution in [0.15, 0.2) is 90.3 Å². The van der Waals surface area contributed by atoms with Crippen LogP contribution in [0.25, 0.3) is 0 Å². The largest absolute Gasteiger partial charge is 0.369 e. The number of likely N-dealkylation sites (N-methyl/N-ethyl adjacent to an activating group) is 1. The van der Waals surface area contributed by atoms with Gasteiger partial charge in [-0.3, -0.25) is 24.4 Å². The van der Waals surface area contributed by atoms with E-state index >= 15 is 0 Å². The van der Waals surface area contributed by atoms with Gasteiger partial charge in [-0.05, 0) is 55.1 Å². The first-order chi connectivity index (χ1) is 20.4. The molecule has 4 aromatic rings. The van der Waals surface area contributed by atoms with Gasteiger partial charge in [0.25, 0.3) is 5.91 Å². The summed E-state index contributed by atoms with van der Waals surface area (Å²) >= 11 is 0. The number of hydrogen-bond donors (Lipinski definition) is 2. The zero-order valence-electron chi connectivity index (χ0n) is 23.0. The van der Waals surface area contributed by atoms with Crippen LogP contribution in [0.4, 0.5) is 22.7 Å². The fraction of sp³-hybridized carbons (Fsp3) is 0.188. The number of aromatic nitrogens is 2. The molecule has 0 bridgehead atoms. The van der Waals surface area contributed by atoms with E-state index in [1.54, 1.807) is 48.7 Å². The van der Waals surface area contributed by atoms with E-state index in [0.717, 1.165) is 37.4 Å². The molecule has 10 nitrogen and oxygen atoms in total. The number of aliphatic imine (C=N–C) groups is 1. The van der Waals surface area contributed by atoms with Crippen molar-refractivity contribution in [1.82, 2.24) is 14.9 Å². The van der Waals surface area contributed by atoms with E-state index in [-0.39, 0.29) is 17.4 Å². The van der Waals surface area contributed by atoms with Gasteiger partial charge in [0.05, 0.1) is 11.9 Å². The molecule has 2 N–H and O–H groups in total. The van der Waals surface area contributed by atoms with E-state index in [9.17, 15) is 14.4 Å². The lowest BCUT2D eigenvalue weighted by molar-refractivity contribution is -0.115. The molecular weight excluding hydrogens is 530 g/mol. The van der Waals surface area contributed by atoms with Crippen molar-refractivity contribution in [3.63, 3.8) is 0 Å². The zero-order valence-corrected chi connectivity index (χ0v) is 23.0. The molecule has 10 heteroatoms. The number of hydrogen-bond acceptors (Lipinski definition) is 8. The van der Waals surface area contributed by atoms with Crippen LogP contribution in [0.3, 0.4) is 0 Å². The van der Waals surface area contributed by atoms with Crippen LogP contribution in [0, 0.1) is 0 Å². The predicted octanol–water partition coefficient (Wildman–Crippen LogP) is 4.15. The van der Waals surface area contributed by atoms with E-state index in [1.807, 2.05) is 12.1 Å². The summed E-state index contributed by atoms with van der Waals surface area (Å²) in [6, 6.07) is 19.9. The molecule has 6 rings (SSSR count). The third kappa shape index (κ3) is 5.79. The van der Waals surface area contributed by atoms with E-state index in [2.05, 4.69) is 54.6 Å². The van der Waals surface area contributed by atoms with Gasteiger partial charge in [0.15, 0.2) is 5.78 Å². The number of anilines is 3. The maximum atomic E-state index is 13.3. The van der Waals surface area contributed by atoms with Gasteiger partial charge in [0.1, 0.15) is 11.6 Å². The van der Waals surface area contributed by atoms with Crippen molar-refractivity contribution in [3.05, 3.63) is 108 Å². The topological polar surface area (TPSA) is 120 Å². The van der Waals surface area contributed by atoms with Crippen molar-refractivity contribution >= 4 is 46.6 Å². The molecule has 210 valence electrons. The number of carbonyl (C=O) groups is 3. The minimum Gasteiger partial charge on any atom is -0.369 e. The Balaban J connectivity index is 1.14. The molecule has 1 unspecified atom stereocenters. The SMILES string of the molecule is CN1CCN(c2ccc(N=CC3C(=O)Nc4cc(C(=O)c5cccc(NC(=O)c6cnccn6)c5)ccc43)cc2)CC1. The average molecular weight is 560 g/mol. The number of fused-ring (bicyclic) bond motifs is 1. The molecule has 2 aliphatic heterocycles. The number of piperazine rings is 1. The second-order valence-electron chi connectivity index (χ2n) is 10.3. The van der Waals surface area contributed by atoms with Gasteiger partial charge < -0.3 is 20.4 Å². The molecule has 2 amide bonds. The van der Waals surface area contributed by atoms with Gasteiger partial charge in [-0.25, -0.2) is 4.98 Å². The molecule has 0 spiro atoms. The Morgan fingerprint density at radius 2 is 1.76 bits per heavy atom. The lowest BCUT2D eigenvalue weighted by atomic mass is 9.97. The first-order valence-corrected chi connectivity index (χ1v) is 13.7. The number of nitrogens with zero attached hydrogens (tertiary/aromatic N) is 5. The molecule has 3 aromatic carbocycles. The molecule has 1 saturated heterocycles.